The molecule has 2 N–H and O–H groups in total. The molecule has 19 heavy (non-hydrogen) atoms. The molecule has 2 aliphatic heterocycles. The van der Waals surface area contributed by atoms with E-state index in [2.05, 4.69) is 5.32 Å². The number of ether oxygens (including phenoxy) is 2. The molecule has 3 rings (SSSR count). The second-order valence-electron chi connectivity index (χ2n) is 5.08. The van der Waals surface area contributed by atoms with Crippen molar-refractivity contribution in [3.8, 4) is 5.75 Å². The summed E-state index contributed by atoms with van der Waals surface area (Å²) in [5.74, 6) is -0.169. The van der Waals surface area contributed by atoms with Gasteiger partial charge in [0.15, 0.2) is 0 Å². The fourth-order valence-electron chi connectivity index (χ4n) is 2.43. The summed E-state index contributed by atoms with van der Waals surface area (Å²) < 4.78 is 10.7. The topological polar surface area (TPSA) is 67.8 Å². The molecule has 0 saturated carbocycles. The highest BCUT2D eigenvalue weighted by molar-refractivity contribution is 5.70. The van der Waals surface area contributed by atoms with Gasteiger partial charge in [-0.3, -0.25) is 4.79 Å². The van der Waals surface area contributed by atoms with Crippen LogP contribution < -0.4 is 10.1 Å². The van der Waals surface area contributed by atoms with Crippen molar-refractivity contribution in [2.45, 2.75) is 18.6 Å². The Kier molecular flexibility index (Phi) is 3.40. The van der Waals surface area contributed by atoms with E-state index in [9.17, 15) is 4.79 Å². The monoisotopic (exact) mass is 263 g/mol. The maximum absolute atomic E-state index is 10.9. The smallest absolute Gasteiger partial charge is 0.307 e. The van der Waals surface area contributed by atoms with Crippen LogP contribution in [0.3, 0.4) is 0 Å². The third-order valence-corrected chi connectivity index (χ3v) is 3.67. The molecule has 0 amide bonds. The fourth-order valence-corrected chi connectivity index (χ4v) is 2.43. The molecule has 0 aromatic heterocycles. The summed E-state index contributed by atoms with van der Waals surface area (Å²) in [5, 5.41) is 12.2. The van der Waals surface area contributed by atoms with Crippen molar-refractivity contribution in [1.82, 2.24) is 5.32 Å². The van der Waals surface area contributed by atoms with Crippen molar-refractivity contribution >= 4 is 5.97 Å². The summed E-state index contributed by atoms with van der Waals surface area (Å²) in [6.07, 6.45) is 0.818. The van der Waals surface area contributed by atoms with Crippen LogP contribution in [-0.2, 0) is 9.53 Å². The first-order chi connectivity index (χ1) is 9.22. The van der Waals surface area contributed by atoms with Gasteiger partial charge in [-0.2, -0.15) is 0 Å². The van der Waals surface area contributed by atoms with Gasteiger partial charge in [-0.25, -0.2) is 0 Å². The molecule has 5 heteroatoms. The lowest BCUT2D eigenvalue weighted by Crippen LogP contribution is -2.38. The number of carboxylic acids is 1. The van der Waals surface area contributed by atoms with E-state index in [1.54, 1.807) is 0 Å². The van der Waals surface area contributed by atoms with Crippen LogP contribution >= 0.6 is 0 Å². The standard InChI is InChI=1S/C14H17NO4/c16-14(17)10-5-13(15-6-10)9-1-3-11(4-2-9)19-12-7-18-8-12/h1-4,10,12-13,15H,5-8H2,(H,16,17). The number of benzene rings is 1. The molecule has 102 valence electrons. The van der Waals surface area contributed by atoms with Crippen LogP contribution in [-0.4, -0.2) is 36.9 Å². The minimum Gasteiger partial charge on any atom is -0.486 e. The Morgan fingerprint density at radius 1 is 1.32 bits per heavy atom. The summed E-state index contributed by atoms with van der Waals surface area (Å²) in [5.41, 5.74) is 1.11. The zero-order valence-corrected chi connectivity index (χ0v) is 10.5. The number of carboxylic acid groups (broad SMARTS) is 1. The van der Waals surface area contributed by atoms with Gasteiger partial charge in [-0.05, 0) is 24.1 Å². The highest BCUT2D eigenvalue weighted by atomic mass is 16.6. The van der Waals surface area contributed by atoms with Crippen LogP contribution in [0.1, 0.15) is 18.0 Å². The lowest BCUT2D eigenvalue weighted by atomic mass is 10.0. The Morgan fingerprint density at radius 2 is 2.05 bits per heavy atom. The molecule has 0 radical (unpaired) electrons. The molecule has 2 saturated heterocycles. The zero-order valence-electron chi connectivity index (χ0n) is 10.5. The van der Waals surface area contributed by atoms with E-state index in [0.29, 0.717) is 26.2 Å². The van der Waals surface area contributed by atoms with Gasteiger partial charge in [0, 0.05) is 12.6 Å². The van der Waals surface area contributed by atoms with E-state index >= 15 is 0 Å². The molecule has 0 aliphatic carbocycles. The van der Waals surface area contributed by atoms with Crippen molar-refractivity contribution in [3.63, 3.8) is 0 Å². The van der Waals surface area contributed by atoms with E-state index in [1.165, 1.54) is 0 Å². The largest absolute Gasteiger partial charge is 0.486 e. The number of rotatable bonds is 4. The first kappa shape index (κ1) is 12.4. The third-order valence-electron chi connectivity index (χ3n) is 3.67. The van der Waals surface area contributed by atoms with E-state index in [-0.39, 0.29) is 18.1 Å². The van der Waals surface area contributed by atoms with Gasteiger partial charge < -0.3 is 19.9 Å². The van der Waals surface area contributed by atoms with Gasteiger partial charge in [0.1, 0.15) is 11.9 Å². The van der Waals surface area contributed by atoms with Gasteiger partial charge in [0.25, 0.3) is 0 Å². The van der Waals surface area contributed by atoms with Crippen molar-refractivity contribution in [1.29, 1.82) is 0 Å². The lowest BCUT2D eigenvalue weighted by molar-refractivity contribution is -0.141. The minimum atomic E-state index is -0.722. The van der Waals surface area contributed by atoms with Crippen LogP contribution in [0.25, 0.3) is 0 Å². The number of hydrogen-bond acceptors (Lipinski definition) is 4. The molecule has 0 spiro atoms. The molecule has 1 aromatic rings. The fraction of sp³-hybridized carbons (Fsp3) is 0.500. The Balaban J connectivity index is 1.61. The van der Waals surface area contributed by atoms with E-state index in [1.807, 2.05) is 24.3 Å². The molecular formula is C14H17NO4. The first-order valence-electron chi connectivity index (χ1n) is 6.53. The highest BCUT2D eigenvalue weighted by Gasteiger charge is 2.30. The van der Waals surface area contributed by atoms with Crippen LogP contribution in [0, 0.1) is 5.92 Å². The normalized spacial score (nSPS) is 26.9. The van der Waals surface area contributed by atoms with Gasteiger partial charge in [-0.1, -0.05) is 12.1 Å². The van der Waals surface area contributed by atoms with Crippen LogP contribution in [0.2, 0.25) is 0 Å². The van der Waals surface area contributed by atoms with Crippen molar-refractivity contribution < 1.29 is 19.4 Å². The van der Waals surface area contributed by atoms with Crippen molar-refractivity contribution in [2.75, 3.05) is 19.8 Å². The van der Waals surface area contributed by atoms with Gasteiger partial charge in [-0.15, -0.1) is 0 Å². The van der Waals surface area contributed by atoms with Gasteiger partial charge >= 0.3 is 5.97 Å². The maximum atomic E-state index is 10.9. The summed E-state index contributed by atoms with van der Waals surface area (Å²) in [4.78, 5) is 10.9. The Labute approximate surface area is 111 Å². The molecule has 1 aromatic carbocycles. The Hall–Kier alpha value is -1.59. The summed E-state index contributed by atoms with van der Waals surface area (Å²) in [6.45, 7) is 1.86. The highest BCUT2D eigenvalue weighted by Crippen LogP contribution is 2.28. The molecular weight excluding hydrogens is 246 g/mol. The maximum Gasteiger partial charge on any atom is 0.307 e. The molecule has 0 bridgehead atoms. The average molecular weight is 263 g/mol. The minimum absolute atomic E-state index is 0.127. The molecule has 2 fully saturated rings. The number of nitrogens with one attached hydrogen (secondary N) is 1. The average Bonchev–Trinajstić information content (AvgIpc) is 2.84. The van der Waals surface area contributed by atoms with Gasteiger partial charge in [0.2, 0.25) is 0 Å². The van der Waals surface area contributed by atoms with E-state index < -0.39 is 5.97 Å². The van der Waals surface area contributed by atoms with Crippen LogP contribution in [0.4, 0.5) is 0 Å². The number of carbonyl (C=O) groups is 1. The molecule has 2 atom stereocenters. The lowest BCUT2D eigenvalue weighted by Gasteiger charge is -2.26. The first-order valence-corrected chi connectivity index (χ1v) is 6.53. The molecule has 2 heterocycles. The summed E-state index contributed by atoms with van der Waals surface area (Å²) in [6, 6.07) is 7.99. The summed E-state index contributed by atoms with van der Waals surface area (Å²) in [7, 11) is 0. The zero-order chi connectivity index (χ0) is 13.2. The predicted octanol–water partition coefficient (Wildman–Crippen LogP) is 1.20. The third kappa shape index (κ3) is 2.72. The number of hydrogen-bond donors (Lipinski definition) is 2. The predicted molar refractivity (Wildman–Crippen MR) is 68.2 cm³/mol. The SMILES string of the molecule is O=C(O)C1CNC(c2ccc(OC3COC3)cc2)C1. The second-order valence-corrected chi connectivity index (χ2v) is 5.08. The van der Waals surface area contributed by atoms with Gasteiger partial charge in [0.05, 0.1) is 19.1 Å². The summed E-state index contributed by atoms with van der Waals surface area (Å²) >= 11 is 0. The van der Waals surface area contributed by atoms with Crippen molar-refractivity contribution in [3.05, 3.63) is 29.8 Å². The van der Waals surface area contributed by atoms with E-state index in [0.717, 1.165) is 11.3 Å². The Bertz CT molecular complexity index is 455. The van der Waals surface area contributed by atoms with E-state index in [4.69, 9.17) is 14.6 Å². The van der Waals surface area contributed by atoms with Crippen LogP contribution in [0.5, 0.6) is 5.75 Å². The Morgan fingerprint density at radius 3 is 2.58 bits per heavy atom. The molecule has 2 unspecified atom stereocenters. The number of aliphatic carboxylic acids is 1. The quantitative estimate of drug-likeness (QED) is 0.854. The van der Waals surface area contributed by atoms with Crippen molar-refractivity contribution in [2.24, 2.45) is 5.92 Å². The second kappa shape index (κ2) is 5.19. The van der Waals surface area contributed by atoms with Crippen LogP contribution in [0.15, 0.2) is 24.3 Å². The molecule has 5 nitrogen and oxygen atoms in total. The molecule has 2 aliphatic rings.